The zero-order valence-electron chi connectivity index (χ0n) is 14.9. The van der Waals surface area contributed by atoms with Gasteiger partial charge in [0.25, 0.3) is 5.91 Å². The lowest BCUT2D eigenvalue weighted by molar-refractivity contribution is -0.137. The number of aryl methyl sites for hydroxylation is 2. The van der Waals surface area contributed by atoms with Gasteiger partial charge in [-0.25, -0.2) is 4.98 Å². The number of carbonyl (C=O) groups is 1. The predicted octanol–water partition coefficient (Wildman–Crippen LogP) is 4.07. The highest BCUT2D eigenvalue weighted by atomic mass is 32.1. The Hall–Kier alpha value is -2.75. The molecule has 0 bridgehead atoms. The minimum Gasteiger partial charge on any atom is -0.339 e. The molecule has 1 aliphatic heterocycles. The standard InChI is InChI=1S/C18H15F3N4O2S/c1-9-14(28-10(2)22-9)17(26)25-7-12(8-25)16-23-15(24-27-16)11-4-3-5-13(6-11)18(19,20)21/h3-6,12H,7-8H2,1-2H3. The van der Waals surface area contributed by atoms with Gasteiger partial charge in [0, 0.05) is 18.7 Å². The number of alkyl halides is 3. The van der Waals surface area contributed by atoms with Gasteiger partial charge in [-0.2, -0.15) is 18.2 Å². The Morgan fingerprint density at radius 3 is 2.64 bits per heavy atom. The highest BCUT2D eigenvalue weighted by molar-refractivity contribution is 7.13. The van der Waals surface area contributed by atoms with Crippen LogP contribution >= 0.6 is 11.3 Å². The van der Waals surface area contributed by atoms with Gasteiger partial charge < -0.3 is 9.42 Å². The van der Waals surface area contributed by atoms with Crippen LogP contribution in [0.3, 0.4) is 0 Å². The molecule has 0 N–H and O–H groups in total. The SMILES string of the molecule is Cc1nc(C)c(C(=O)N2CC(c3nc(-c4cccc(C(F)(F)F)c4)no3)C2)s1. The number of benzene rings is 1. The smallest absolute Gasteiger partial charge is 0.339 e. The Morgan fingerprint density at radius 2 is 2.00 bits per heavy atom. The predicted molar refractivity (Wildman–Crippen MR) is 95.0 cm³/mol. The number of hydrogen-bond donors (Lipinski definition) is 0. The third kappa shape index (κ3) is 3.39. The second-order valence-electron chi connectivity index (χ2n) is 6.59. The topological polar surface area (TPSA) is 72.1 Å². The van der Waals surface area contributed by atoms with Crippen LogP contribution in [0, 0.1) is 13.8 Å². The van der Waals surface area contributed by atoms with Crippen LogP contribution in [0.2, 0.25) is 0 Å². The van der Waals surface area contributed by atoms with Crippen LogP contribution in [0.4, 0.5) is 13.2 Å². The fourth-order valence-corrected chi connectivity index (χ4v) is 3.91. The number of halogens is 3. The minimum absolute atomic E-state index is 0.0861. The molecule has 0 spiro atoms. The lowest BCUT2D eigenvalue weighted by Crippen LogP contribution is -2.48. The molecule has 1 saturated heterocycles. The fraction of sp³-hybridized carbons (Fsp3) is 0.333. The van der Waals surface area contributed by atoms with Crippen molar-refractivity contribution in [3.8, 4) is 11.4 Å². The lowest BCUT2D eigenvalue weighted by atomic mass is 9.99. The van der Waals surface area contributed by atoms with Gasteiger partial charge in [0.15, 0.2) is 0 Å². The van der Waals surface area contributed by atoms with Crippen molar-refractivity contribution >= 4 is 17.2 Å². The van der Waals surface area contributed by atoms with E-state index in [1.54, 1.807) is 11.8 Å². The highest BCUT2D eigenvalue weighted by Gasteiger charge is 2.37. The molecule has 1 fully saturated rings. The number of hydrogen-bond acceptors (Lipinski definition) is 6. The van der Waals surface area contributed by atoms with E-state index in [0.29, 0.717) is 29.6 Å². The summed E-state index contributed by atoms with van der Waals surface area (Å²) in [5.41, 5.74) is 0.167. The number of likely N-dealkylation sites (tertiary alicyclic amines) is 1. The van der Waals surface area contributed by atoms with Gasteiger partial charge in [-0.1, -0.05) is 17.3 Å². The van der Waals surface area contributed by atoms with Crippen LogP contribution < -0.4 is 0 Å². The molecule has 6 nitrogen and oxygen atoms in total. The maximum atomic E-state index is 12.9. The number of carbonyl (C=O) groups excluding carboxylic acids is 1. The van der Waals surface area contributed by atoms with Crippen LogP contribution in [0.5, 0.6) is 0 Å². The molecule has 28 heavy (non-hydrogen) atoms. The monoisotopic (exact) mass is 408 g/mol. The van der Waals surface area contributed by atoms with Crippen molar-refractivity contribution in [2.75, 3.05) is 13.1 Å². The molecule has 4 rings (SSSR count). The number of thiazole rings is 1. The molecule has 1 amide bonds. The molecule has 2 aromatic heterocycles. The maximum absolute atomic E-state index is 12.9. The van der Waals surface area contributed by atoms with E-state index >= 15 is 0 Å². The van der Waals surface area contributed by atoms with Gasteiger partial charge in [-0.05, 0) is 26.0 Å². The van der Waals surface area contributed by atoms with Crippen molar-refractivity contribution in [2.24, 2.45) is 0 Å². The fourth-order valence-electron chi connectivity index (χ4n) is 3.03. The van der Waals surface area contributed by atoms with Crippen molar-refractivity contribution in [3.63, 3.8) is 0 Å². The molecule has 0 unspecified atom stereocenters. The molecule has 10 heteroatoms. The van der Waals surface area contributed by atoms with Gasteiger partial charge in [-0.3, -0.25) is 4.79 Å². The van der Waals surface area contributed by atoms with Crippen LogP contribution in [0.25, 0.3) is 11.4 Å². The third-order valence-electron chi connectivity index (χ3n) is 4.51. The van der Waals surface area contributed by atoms with Gasteiger partial charge in [0.05, 0.1) is 22.2 Å². The molecule has 1 aliphatic rings. The number of amides is 1. The average molecular weight is 408 g/mol. The van der Waals surface area contributed by atoms with Gasteiger partial charge in [-0.15, -0.1) is 11.3 Å². The molecule has 0 saturated carbocycles. The average Bonchev–Trinajstić information content (AvgIpc) is 3.19. The molecule has 0 radical (unpaired) electrons. The molecular formula is C18H15F3N4O2S. The Labute approximate surface area is 162 Å². The van der Waals surface area contributed by atoms with E-state index in [1.165, 1.54) is 23.5 Å². The summed E-state index contributed by atoms with van der Waals surface area (Å²) < 4.78 is 43.8. The number of nitrogens with zero attached hydrogens (tertiary/aromatic N) is 4. The van der Waals surface area contributed by atoms with Crippen molar-refractivity contribution in [3.05, 3.63) is 51.3 Å². The van der Waals surface area contributed by atoms with Crippen LogP contribution in [0.1, 0.15) is 37.7 Å². The Balaban J connectivity index is 1.45. The van der Waals surface area contributed by atoms with E-state index in [-0.39, 0.29) is 23.2 Å². The van der Waals surface area contributed by atoms with E-state index < -0.39 is 11.7 Å². The van der Waals surface area contributed by atoms with Crippen molar-refractivity contribution in [1.82, 2.24) is 20.0 Å². The first-order valence-electron chi connectivity index (χ1n) is 8.47. The van der Waals surface area contributed by atoms with E-state index in [0.717, 1.165) is 17.1 Å². The number of rotatable bonds is 3. The minimum atomic E-state index is -4.44. The summed E-state index contributed by atoms with van der Waals surface area (Å²) in [5, 5.41) is 4.63. The highest BCUT2D eigenvalue weighted by Crippen LogP contribution is 2.33. The first-order chi connectivity index (χ1) is 13.2. The van der Waals surface area contributed by atoms with E-state index in [2.05, 4.69) is 15.1 Å². The summed E-state index contributed by atoms with van der Waals surface area (Å²) in [4.78, 5) is 23.3. The van der Waals surface area contributed by atoms with E-state index in [1.807, 2.05) is 6.92 Å². The van der Waals surface area contributed by atoms with Crippen LogP contribution in [-0.2, 0) is 6.18 Å². The molecular weight excluding hydrogens is 393 g/mol. The van der Waals surface area contributed by atoms with E-state index in [9.17, 15) is 18.0 Å². The first-order valence-corrected chi connectivity index (χ1v) is 9.28. The van der Waals surface area contributed by atoms with Crippen molar-refractivity contribution < 1.29 is 22.5 Å². The first kappa shape index (κ1) is 18.6. The molecule has 0 atom stereocenters. The Morgan fingerprint density at radius 1 is 1.25 bits per heavy atom. The van der Waals surface area contributed by atoms with Gasteiger partial charge in [0.1, 0.15) is 4.88 Å². The summed E-state index contributed by atoms with van der Waals surface area (Å²) in [6.07, 6.45) is -4.44. The van der Waals surface area contributed by atoms with Crippen molar-refractivity contribution in [1.29, 1.82) is 0 Å². The summed E-state index contributed by atoms with van der Waals surface area (Å²) in [5.74, 6) is 0.191. The van der Waals surface area contributed by atoms with E-state index in [4.69, 9.17) is 4.52 Å². The normalized spacial score (nSPS) is 15.0. The summed E-state index contributed by atoms with van der Waals surface area (Å²) in [6, 6.07) is 4.77. The van der Waals surface area contributed by atoms with Gasteiger partial charge in [0.2, 0.25) is 11.7 Å². The largest absolute Gasteiger partial charge is 0.416 e. The Kier molecular flexibility index (Phi) is 4.45. The third-order valence-corrected chi connectivity index (χ3v) is 5.57. The molecule has 0 aliphatic carbocycles. The summed E-state index contributed by atoms with van der Waals surface area (Å²) >= 11 is 1.36. The van der Waals surface area contributed by atoms with Gasteiger partial charge >= 0.3 is 6.18 Å². The zero-order valence-corrected chi connectivity index (χ0v) is 15.8. The zero-order chi connectivity index (χ0) is 20.1. The lowest BCUT2D eigenvalue weighted by Gasteiger charge is -2.36. The van der Waals surface area contributed by atoms with Crippen LogP contribution in [-0.4, -0.2) is 39.0 Å². The van der Waals surface area contributed by atoms with Crippen molar-refractivity contribution in [2.45, 2.75) is 25.9 Å². The number of aromatic nitrogens is 3. The molecule has 146 valence electrons. The summed E-state index contributed by atoms with van der Waals surface area (Å²) in [6.45, 7) is 4.48. The summed E-state index contributed by atoms with van der Waals surface area (Å²) in [7, 11) is 0. The second-order valence-corrected chi connectivity index (χ2v) is 7.79. The Bertz CT molecular complexity index is 1040. The second kappa shape index (κ2) is 6.69. The maximum Gasteiger partial charge on any atom is 0.416 e. The molecule has 3 aromatic rings. The molecule has 3 heterocycles. The molecule has 1 aromatic carbocycles. The quantitative estimate of drug-likeness (QED) is 0.653. The van der Waals surface area contributed by atoms with Crippen LogP contribution in [0.15, 0.2) is 28.8 Å².